The minimum Gasteiger partial charge on any atom is -0.490 e. The van der Waals surface area contributed by atoms with E-state index in [9.17, 15) is 4.79 Å². The fourth-order valence-corrected chi connectivity index (χ4v) is 1.97. The molecule has 2 rings (SSSR count). The first-order valence-electron chi connectivity index (χ1n) is 7.18. The van der Waals surface area contributed by atoms with Crippen LogP contribution < -0.4 is 9.47 Å². The molecule has 0 heterocycles. The third-order valence-corrected chi connectivity index (χ3v) is 3.21. The van der Waals surface area contributed by atoms with Gasteiger partial charge in [0.15, 0.2) is 11.5 Å². The van der Waals surface area contributed by atoms with E-state index in [1.165, 1.54) is 0 Å². The van der Waals surface area contributed by atoms with Crippen LogP contribution in [0.1, 0.15) is 35.3 Å². The molecule has 0 atom stereocenters. The lowest BCUT2D eigenvalue weighted by molar-refractivity contribution is 0.0728. The van der Waals surface area contributed by atoms with Crippen molar-refractivity contribution in [1.82, 2.24) is 0 Å². The van der Waals surface area contributed by atoms with Crippen LogP contribution >= 0.6 is 0 Å². The van der Waals surface area contributed by atoms with Crippen LogP contribution in [0.3, 0.4) is 0 Å². The topological polar surface area (TPSA) is 35.5 Å². The van der Waals surface area contributed by atoms with Crippen molar-refractivity contribution in [3.63, 3.8) is 0 Å². The minimum atomic E-state index is -0.375. The van der Waals surface area contributed by atoms with Crippen molar-refractivity contribution >= 4 is 5.97 Å². The molecule has 0 unspecified atom stereocenters. The maximum atomic E-state index is 12.2. The molecule has 0 spiro atoms. The summed E-state index contributed by atoms with van der Waals surface area (Å²) in [7, 11) is 0. The maximum Gasteiger partial charge on any atom is 0.343 e. The summed E-state index contributed by atoms with van der Waals surface area (Å²) < 4.78 is 11.0. The van der Waals surface area contributed by atoms with Gasteiger partial charge in [0.25, 0.3) is 0 Å². The van der Waals surface area contributed by atoms with Crippen molar-refractivity contribution in [2.24, 2.45) is 0 Å². The predicted octanol–water partition coefficient (Wildman–Crippen LogP) is 4.18. The molecule has 0 bridgehead atoms. The zero-order valence-electron chi connectivity index (χ0n) is 12.7. The number of rotatable bonds is 5. The number of carbonyl (C=O) groups is 1. The Kier molecular flexibility index (Phi) is 4.99. The molecule has 0 amide bonds. The average Bonchev–Trinajstić information content (AvgIpc) is 2.49. The summed E-state index contributed by atoms with van der Waals surface area (Å²) in [6.07, 6.45) is 0.909. The zero-order chi connectivity index (χ0) is 15.2. The normalized spacial score (nSPS) is 10.2. The molecular formula is C18H20O3. The molecule has 0 saturated heterocycles. The highest BCUT2D eigenvalue weighted by Crippen LogP contribution is 2.29. The highest BCUT2D eigenvalue weighted by Gasteiger charge is 2.13. The first-order valence-corrected chi connectivity index (χ1v) is 7.18. The van der Waals surface area contributed by atoms with Crippen molar-refractivity contribution in [1.29, 1.82) is 0 Å². The Labute approximate surface area is 125 Å². The number of benzene rings is 2. The third-order valence-electron chi connectivity index (χ3n) is 3.21. The van der Waals surface area contributed by atoms with E-state index >= 15 is 0 Å². The van der Waals surface area contributed by atoms with E-state index in [4.69, 9.17) is 9.47 Å². The number of esters is 1. The Morgan fingerprint density at radius 3 is 2.33 bits per heavy atom. The van der Waals surface area contributed by atoms with E-state index in [-0.39, 0.29) is 5.97 Å². The Balaban J connectivity index is 2.21. The molecule has 3 nitrogen and oxygen atoms in total. The van der Waals surface area contributed by atoms with E-state index in [1.807, 2.05) is 38.1 Å². The highest BCUT2D eigenvalue weighted by molar-refractivity contribution is 5.91. The lowest BCUT2D eigenvalue weighted by atomic mass is 10.1. The van der Waals surface area contributed by atoms with Crippen molar-refractivity contribution in [3.05, 3.63) is 59.2 Å². The Bertz CT molecular complexity index is 615. The smallest absolute Gasteiger partial charge is 0.343 e. The highest BCUT2D eigenvalue weighted by atomic mass is 16.6. The summed E-state index contributed by atoms with van der Waals surface area (Å²) in [5, 5.41) is 0. The van der Waals surface area contributed by atoms with E-state index in [2.05, 4.69) is 6.92 Å². The van der Waals surface area contributed by atoms with Crippen LogP contribution in [-0.2, 0) is 6.42 Å². The average molecular weight is 284 g/mol. The summed E-state index contributed by atoms with van der Waals surface area (Å²) in [6.45, 7) is 6.49. The fraction of sp³-hybridized carbons (Fsp3) is 0.278. The van der Waals surface area contributed by atoms with Crippen LogP contribution in [0.25, 0.3) is 0 Å². The van der Waals surface area contributed by atoms with E-state index in [0.717, 1.165) is 17.5 Å². The van der Waals surface area contributed by atoms with Crippen LogP contribution in [-0.4, -0.2) is 12.6 Å². The Hall–Kier alpha value is -2.29. The summed E-state index contributed by atoms with van der Waals surface area (Å²) in [4.78, 5) is 12.2. The quantitative estimate of drug-likeness (QED) is 0.610. The molecule has 0 saturated carbocycles. The van der Waals surface area contributed by atoms with Crippen molar-refractivity contribution in [2.45, 2.75) is 27.2 Å². The van der Waals surface area contributed by atoms with Gasteiger partial charge in [0, 0.05) is 0 Å². The van der Waals surface area contributed by atoms with E-state index in [0.29, 0.717) is 23.7 Å². The Morgan fingerprint density at radius 2 is 1.71 bits per heavy atom. The molecule has 0 aliphatic heterocycles. The standard InChI is InChI=1S/C18H20O3/c1-4-14-8-11-16(17(12-14)20-5-2)21-18(19)15-9-6-13(3)7-10-15/h6-12H,4-5H2,1-3H3. The number of hydrogen-bond acceptors (Lipinski definition) is 3. The molecule has 2 aromatic rings. The molecule has 0 N–H and O–H groups in total. The van der Waals surface area contributed by atoms with Gasteiger partial charge >= 0.3 is 5.97 Å². The van der Waals surface area contributed by atoms with Gasteiger partial charge in [-0.2, -0.15) is 0 Å². The molecule has 21 heavy (non-hydrogen) atoms. The molecule has 110 valence electrons. The van der Waals surface area contributed by atoms with Gasteiger partial charge in [-0.3, -0.25) is 0 Å². The third kappa shape index (κ3) is 3.85. The lowest BCUT2D eigenvalue weighted by Crippen LogP contribution is -2.09. The van der Waals surface area contributed by atoms with Gasteiger partial charge < -0.3 is 9.47 Å². The van der Waals surface area contributed by atoms with Gasteiger partial charge in [0.2, 0.25) is 0 Å². The van der Waals surface area contributed by atoms with Crippen LogP contribution in [0, 0.1) is 6.92 Å². The van der Waals surface area contributed by atoms with Crippen molar-refractivity contribution in [3.8, 4) is 11.5 Å². The largest absolute Gasteiger partial charge is 0.490 e. The van der Waals surface area contributed by atoms with Crippen LogP contribution in [0.2, 0.25) is 0 Å². The van der Waals surface area contributed by atoms with Gasteiger partial charge in [-0.1, -0.05) is 30.7 Å². The monoisotopic (exact) mass is 284 g/mol. The van der Waals surface area contributed by atoms with Crippen LogP contribution in [0.4, 0.5) is 0 Å². The molecule has 0 aromatic heterocycles. The van der Waals surface area contributed by atoms with Gasteiger partial charge in [-0.15, -0.1) is 0 Å². The lowest BCUT2D eigenvalue weighted by Gasteiger charge is -2.12. The van der Waals surface area contributed by atoms with E-state index in [1.54, 1.807) is 18.2 Å². The molecule has 0 fully saturated rings. The number of aryl methyl sites for hydroxylation is 2. The van der Waals surface area contributed by atoms with E-state index < -0.39 is 0 Å². The number of ether oxygens (including phenoxy) is 2. The summed E-state index contributed by atoms with van der Waals surface area (Å²) in [6, 6.07) is 13.0. The first-order chi connectivity index (χ1) is 10.1. The molecule has 0 aliphatic rings. The molecule has 0 aliphatic carbocycles. The second-order valence-electron chi connectivity index (χ2n) is 4.82. The van der Waals surface area contributed by atoms with Gasteiger partial charge in [-0.25, -0.2) is 4.79 Å². The first kappa shape index (κ1) is 15.1. The second-order valence-corrected chi connectivity index (χ2v) is 4.82. The molecular weight excluding hydrogens is 264 g/mol. The summed E-state index contributed by atoms with van der Waals surface area (Å²) in [5.74, 6) is 0.692. The summed E-state index contributed by atoms with van der Waals surface area (Å²) in [5.41, 5.74) is 2.78. The SMILES string of the molecule is CCOc1cc(CC)ccc1OC(=O)c1ccc(C)cc1. The Morgan fingerprint density at radius 1 is 1.00 bits per heavy atom. The maximum absolute atomic E-state index is 12.2. The molecule has 0 radical (unpaired) electrons. The molecule has 3 heteroatoms. The minimum absolute atomic E-state index is 0.375. The van der Waals surface area contributed by atoms with Crippen LogP contribution in [0.5, 0.6) is 11.5 Å². The van der Waals surface area contributed by atoms with Gasteiger partial charge in [0.1, 0.15) is 0 Å². The number of hydrogen-bond donors (Lipinski definition) is 0. The molecule has 2 aromatic carbocycles. The van der Waals surface area contributed by atoms with Crippen molar-refractivity contribution < 1.29 is 14.3 Å². The van der Waals surface area contributed by atoms with Gasteiger partial charge in [0.05, 0.1) is 12.2 Å². The zero-order valence-corrected chi connectivity index (χ0v) is 12.7. The predicted molar refractivity (Wildman–Crippen MR) is 83.1 cm³/mol. The second kappa shape index (κ2) is 6.93. The van der Waals surface area contributed by atoms with Gasteiger partial charge in [-0.05, 0) is 50.1 Å². The van der Waals surface area contributed by atoms with Crippen molar-refractivity contribution in [2.75, 3.05) is 6.61 Å². The fourth-order valence-electron chi connectivity index (χ4n) is 1.97. The number of carbonyl (C=O) groups excluding carboxylic acids is 1. The van der Waals surface area contributed by atoms with Crippen LogP contribution in [0.15, 0.2) is 42.5 Å². The summed E-state index contributed by atoms with van der Waals surface area (Å²) >= 11 is 0.